The third-order valence-corrected chi connectivity index (χ3v) is 1.22. The lowest BCUT2D eigenvalue weighted by atomic mass is 10.3. The van der Waals surface area contributed by atoms with Gasteiger partial charge >= 0.3 is 0 Å². The van der Waals surface area contributed by atoms with E-state index < -0.39 is 0 Å². The van der Waals surface area contributed by atoms with Crippen LogP contribution in [0.5, 0.6) is 0 Å². The number of rotatable bonds is 3. The fraction of sp³-hybridized carbons (Fsp3) is 1.00. The number of hydrogen-bond acceptors (Lipinski definition) is 3. The largest absolute Gasteiger partial charge is 0.305 e. The average Bonchev–Trinajstić information content (AvgIpc) is 1.67. The van der Waals surface area contributed by atoms with Gasteiger partial charge in [0.25, 0.3) is 0 Å². The Labute approximate surface area is 49.7 Å². The molecule has 0 radical (unpaired) electrons. The molecule has 0 aromatic carbocycles. The van der Waals surface area contributed by atoms with Crippen molar-refractivity contribution < 1.29 is 0 Å². The summed E-state index contributed by atoms with van der Waals surface area (Å²) in [6.07, 6.45) is 0. The summed E-state index contributed by atoms with van der Waals surface area (Å²) in [6, 6.07) is 0.271. The molecule has 48 valence electrons. The molecule has 0 aliphatic heterocycles. The van der Waals surface area contributed by atoms with Gasteiger partial charge in [-0.2, -0.15) is 4.91 Å². The Bertz CT molecular complexity index is 72.8. The second-order valence-corrected chi connectivity index (χ2v) is 2.12. The van der Waals surface area contributed by atoms with Crippen LogP contribution in [0.25, 0.3) is 0 Å². The van der Waals surface area contributed by atoms with Gasteiger partial charge < -0.3 is 4.90 Å². The molecule has 0 aromatic rings. The van der Waals surface area contributed by atoms with Gasteiger partial charge in [-0.15, -0.1) is 0 Å². The van der Waals surface area contributed by atoms with Crippen molar-refractivity contribution in [3.8, 4) is 0 Å². The van der Waals surface area contributed by atoms with Crippen LogP contribution in [0.1, 0.15) is 6.92 Å². The van der Waals surface area contributed by atoms with Gasteiger partial charge in [-0.05, 0) is 21.0 Å². The van der Waals surface area contributed by atoms with E-state index in [-0.39, 0.29) is 6.04 Å². The zero-order chi connectivity index (χ0) is 6.57. The summed E-state index contributed by atoms with van der Waals surface area (Å²) in [4.78, 5) is 11.6. The summed E-state index contributed by atoms with van der Waals surface area (Å²) in [7, 11) is 3.85. The second-order valence-electron chi connectivity index (χ2n) is 2.12. The van der Waals surface area contributed by atoms with Gasteiger partial charge in [-0.3, -0.25) is 0 Å². The molecular formula is C5H12N2O. The lowest BCUT2D eigenvalue weighted by molar-refractivity contribution is 0.320. The highest BCUT2D eigenvalue weighted by molar-refractivity contribution is 4.60. The Hall–Kier alpha value is -0.440. The molecule has 0 rings (SSSR count). The van der Waals surface area contributed by atoms with Crippen molar-refractivity contribution >= 4 is 0 Å². The van der Waals surface area contributed by atoms with Gasteiger partial charge in [-0.1, -0.05) is 5.18 Å². The molecule has 0 saturated heterocycles. The summed E-state index contributed by atoms with van der Waals surface area (Å²) >= 11 is 0. The molecule has 3 heteroatoms. The molecule has 0 saturated carbocycles. The highest BCUT2D eigenvalue weighted by Crippen LogP contribution is 1.89. The van der Waals surface area contributed by atoms with Gasteiger partial charge in [0.05, 0.1) is 6.54 Å². The maximum Gasteiger partial charge on any atom is 0.0963 e. The van der Waals surface area contributed by atoms with Crippen LogP contribution in [-0.4, -0.2) is 31.6 Å². The molecule has 0 spiro atoms. The summed E-state index contributed by atoms with van der Waals surface area (Å²) in [5.74, 6) is 0. The lowest BCUT2D eigenvalue weighted by Gasteiger charge is -2.14. The van der Waals surface area contributed by atoms with E-state index in [2.05, 4.69) is 5.18 Å². The smallest absolute Gasteiger partial charge is 0.0963 e. The third-order valence-electron chi connectivity index (χ3n) is 1.22. The van der Waals surface area contributed by atoms with Crippen LogP contribution in [0.4, 0.5) is 0 Å². The lowest BCUT2D eigenvalue weighted by Crippen LogP contribution is -2.26. The molecule has 0 aliphatic carbocycles. The van der Waals surface area contributed by atoms with Crippen LogP contribution < -0.4 is 0 Å². The molecule has 0 aromatic heterocycles. The average molecular weight is 116 g/mol. The molecule has 0 bridgehead atoms. The summed E-state index contributed by atoms with van der Waals surface area (Å²) in [6.45, 7) is 2.34. The van der Waals surface area contributed by atoms with Gasteiger partial charge in [0.2, 0.25) is 0 Å². The van der Waals surface area contributed by atoms with Crippen molar-refractivity contribution in [1.82, 2.24) is 4.90 Å². The molecule has 0 aliphatic rings. The van der Waals surface area contributed by atoms with Gasteiger partial charge in [0.1, 0.15) is 0 Å². The van der Waals surface area contributed by atoms with Crippen LogP contribution >= 0.6 is 0 Å². The summed E-state index contributed by atoms with van der Waals surface area (Å²) in [5.41, 5.74) is 0. The van der Waals surface area contributed by atoms with E-state index in [1.165, 1.54) is 0 Å². The predicted molar refractivity (Wildman–Crippen MR) is 33.8 cm³/mol. The van der Waals surface area contributed by atoms with E-state index in [0.717, 1.165) is 0 Å². The van der Waals surface area contributed by atoms with Crippen LogP contribution in [0.15, 0.2) is 5.18 Å². The van der Waals surface area contributed by atoms with Crippen molar-refractivity contribution in [2.75, 3.05) is 20.6 Å². The number of hydrogen-bond donors (Lipinski definition) is 0. The first-order chi connectivity index (χ1) is 3.68. The van der Waals surface area contributed by atoms with E-state index >= 15 is 0 Å². The van der Waals surface area contributed by atoms with Crippen molar-refractivity contribution in [1.29, 1.82) is 0 Å². The number of nitrogens with zero attached hydrogens (tertiary/aromatic N) is 2. The molecule has 0 fully saturated rings. The molecule has 0 N–H and O–H groups in total. The Kier molecular flexibility index (Phi) is 3.35. The fourth-order valence-corrected chi connectivity index (χ4v) is 0.271. The minimum atomic E-state index is 0.271. The van der Waals surface area contributed by atoms with E-state index in [4.69, 9.17) is 0 Å². The topological polar surface area (TPSA) is 32.7 Å². The standard InChI is InChI=1S/C5H12N2O/c1-5(4-6-8)7(2)3/h5H,4H2,1-3H3/t5-/m0/s1. The number of nitroso groups, excluding NO2 is 1. The Balaban J connectivity index is 3.30. The van der Waals surface area contributed by atoms with E-state index in [1.807, 2.05) is 25.9 Å². The summed E-state index contributed by atoms with van der Waals surface area (Å²) < 4.78 is 0. The maximum absolute atomic E-state index is 9.64. The fourth-order valence-electron chi connectivity index (χ4n) is 0.271. The van der Waals surface area contributed by atoms with Crippen LogP contribution in [0.3, 0.4) is 0 Å². The zero-order valence-electron chi connectivity index (χ0n) is 5.59. The Morgan fingerprint density at radius 2 is 2.12 bits per heavy atom. The van der Waals surface area contributed by atoms with E-state index in [0.29, 0.717) is 6.54 Å². The predicted octanol–water partition coefficient (Wildman–Crippen LogP) is 0.703. The molecule has 0 heterocycles. The first-order valence-electron chi connectivity index (χ1n) is 2.64. The molecular weight excluding hydrogens is 104 g/mol. The normalized spacial score (nSPS) is 14.0. The monoisotopic (exact) mass is 116 g/mol. The quantitative estimate of drug-likeness (QED) is 0.508. The molecule has 0 amide bonds. The zero-order valence-corrected chi connectivity index (χ0v) is 5.59. The Morgan fingerprint density at radius 3 is 2.25 bits per heavy atom. The highest BCUT2D eigenvalue weighted by Gasteiger charge is 2.01. The molecule has 8 heavy (non-hydrogen) atoms. The second kappa shape index (κ2) is 3.55. The molecule has 3 nitrogen and oxygen atoms in total. The van der Waals surface area contributed by atoms with Crippen molar-refractivity contribution in [3.63, 3.8) is 0 Å². The van der Waals surface area contributed by atoms with Gasteiger partial charge in [0.15, 0.2) is 0 Å². The van der Waals surface area contributed by atoms with Crippen LogP contribution in [0.2, 0.25) is 0 Å². The van der Waals surface area contributed by atoms with E-state index in [9.17, 15) is 4.91 Å². The van der Waals surface area contributed by atoms with E-state index in [1.54, 1.807) is 0 Å². The van der Waals surface area contributed by atoms with Crippen molar-refractivity contribution in [2.45, 2.75) is 13.0 Å². The number of likely N-dealkylation sites (N-methyl/N-ethyl adjacent to an activating group) is 1. The molecule has 0 unspecified atom stereocenters. The van der Waals surface area contributed by atoms with Gasteiger partial charge in [0, 0.05) is 6.04 Å². The van der Waals surface area contributed by atoms with Crippen molar-refractivity contribution in [2.24, 2.45) is 5.18 Å². The minimum Gasteiger partial charge on any atom is -0.305 e. The van der Waals surface area contributed by atoms with Crippen LogP contribution in [0, 0.1) is 4.91 Å². The molecule has 1 atom stereocenters. The maximum atomic E-state index is 9.64. The minimum absolute atomic E-state index is 0.271. The first-order valence-corrected chi connectivity index (χ1v) is 2.64. The highest BCUT2D eigenvalue weighted by atomic mass is 16.3. The van der Waals surface area contributed by atoms with Gasteiger partial charge in [-0.25, -0.2) is 0 Å². The van der Waals surface area contributed by atoms with Crippen molar-refractivity contribution in [3.05, 3.63) is 4.91 Å². The first kappa shape index (κ1) is 7.56. The summed E-state index contributed by atoms with van der Waals surface area (Å²) in [5, 5.41) is 2.77. The third kappa shape index (κ3) is 2.69. The van der Waals surface area contributed by atoms with Crippen LogP contribution in [-0.2, 0) is 0 Å². The SMILES string of the molecule is C[C@@H](CN=O)N(C)C. The Morgan fingerprint density at radius 1 is 1.62 bits per heavy atom.